The number of benzene rings is 2. The number of thiazole rings is 1. The number of methoxy groups -OCH3 is 2. The van der Waals surface area contributed by atoms with Crippen molar-refractivity contribution in [1.29, 1.82) is 0 Å². The molecule has 142 valence electrons. The van der Waals surface area contributed by atoms with E-state index >= 15 is 0 Å². The van der Waals surface area contributed by atoms with Gasteiger partial charge >= 0.3 is 0 Å². The zero-order valence-electron chi connectivity index (χ0n) is 15.4. The van der Waals surface area contributed by atoms with E-state index in [9.17, 15) is 4.79 Å². The minimum absolute atomic E-state index is 0.0733. The third kappa shape index (κ3) is 3.46. The van der Waals surface area contributed by atoms with Crippen molar-refractivity contribution >= 4 is 43.9 Å². The summed E-state index contributed by atoms with van der Waals surface area (Å²) in [5.74, 6) is 1.29. The highest BCUT2D eigenvalue weighted by atomic mass is 32.1. The number of rotatable bonds is 6. The lowest BCUT2D eigenvalue weighted by molar-refractivity contribution is 0.0989. The first-order valence-corrected chi connectivity index (χ1v) is 10.3. The van der Waals surface area contributed by atoms with Gasteiger partial charge < -0.3 is 9.47 Å². The van der Waals surface area contributed by atoms with Crippen LogP contribution in [0.25, 0.3) is 10.2 Å². The molecule has 7 heteroatoms. The van der Waals surface area contributed by atoms with Crippen LogP contribution in [0.3, 0.4) is 0 Å². The van der Waals surface area contributed by atoms with Gasteiger partial charge in [0.15, 0.2) is 5.13 Å². The molecule has 0 saturated heterocycles. The topological polar surface area (TPSA) is 51.7 Å². The predicted octanol–water partition coefficient (Wildman–Crippen LogP) is 5.22. The fourth-order valence-corrected chi connectivity index (χ4v) is 4.66. The molecule has 1 amide bonds. The number of aromatic nitrogens is 1. The maximum absolute atomic E-state index is 13.2. The molecular formula is C21H18N2O3S2. The maximum Gasteiger partial charge on any atom is 0.270 e. The number of anilines is 1. The smallest absolute Gasteiger partial charge is 0.270 e. The fourth-order valence-electron chi connectivity index (χ4n) is 2.92. The van der Waals surface area contributed by atoms with E-state index in [1.54, 1.807) is 19.1 Å². The van der Waals surface area contributed by atoms with Gasteiger partial charge in [-0.05, 0) is 29.1 Å². The molecule has 0 atom stereocenters. The van der Waals surface area contributed by atoms with Crippen LogP contribution in [0.4, 0.5) is 5.13 Å². The third-order valence-electron chi connectivity index (χ3n) is 4.29. The third-order valence-corrected chi connectivity index (χ3v) is 6.24. The molecule has 0 bridgehead atoms. The Balaban J connectivity index is 1.83. The summed E-state index contributed by atoms with van der Waals surface area (Å²) in [7, 11) is 3.23. The zero-order valence-corrected chi connectivity index (χ0v) is 17.0. The minimum Gasteiger partial charge on any atom is -0.495 e. The largest absolute Gasteiger partial charge is 0.495 e. The number of fused-ring (bicyclic) bond motifs is 1. The van der Waals surface area contributed by atoms with Crippen molar-refractivity contribution in [3.63, 3.8) is 0 Å². The van der Waals surface area contributed by atoms with Gasteiger partial charge in [0, 0.05) is 0 Å². The lowest BCUT2D eigenvalue weighted by atomic mass is 10.2. The quantitative estimate of drug-likeness (QED) is 0.437. The molecular weight excluding hydrogens is 392 g/mol. The molecule has 0 spiro atoms. The molecule has 5 nitrogen and oxygen atoms in total. The molecule has 0 aliphatic rings. The molecule has 2 aromatic carbocycles. The normalized spacial score (nSPS) is 10.8. The Kier molecular flexibility index (Phi) is 5.27. The van der Waals surface area contributed by atoms with Crippen LogP contribution in [-0.2, 0) is 6.54 Å². The highest BCUT2D eigenvalue weighted by molar-refractivity contribution is 7.23. The summed E-state index contributed by atoms with van der Waals surface area (Å²) >= 11 is 2.85. The molecule has 0 unspecified atom stereocenters. The van der Waals surface area contributed by atoms with Gasteiger partial charge in [0.1, 0.15) is 21.7 Å². The van der Waals surface area contributed by atoms with Crippen molar-refractivity contribution in [2.75, 3.05) is 19.1 Å². The van der Waals surface area contributed by atoms with Crippen molar-refractivity contribution < 1.29 is 14.3 Å². The standard InChI is InChI=1S/C21H18N2O3S2/c1-25-15-10-11-16(26-2)19-18(15)22-21(28-19)23(13-14-7-4-3-5-8-14)20(24)17-9-6-12-27-17/h3-12H,13H2,1-2H3. The van der Waals surface area contributed by atoms with Crippen LogP contribution in [-0.4, -0.2) is 25.1 Å². The number of amides is 1. The van der Waals surface area contributed by atoms with Crippen LogP contribution in [0.15, 0.2) is 60.0 Å². The molecule has 2 heterocycles. The molecule has 0 N–H and O–H groups in total. The van der Waals surface area contributed by atoms with E-state index in [2.05, 4.69) is 0 Å². The number of hydrogen-bond acceptors (Lipinski definition) is 6. The van der Waals surface area contributed by atoms with E-state index in [-0.39, 0.29) is 5.91 Å². The first-order valence-electron chi connectivity index (χ1n) is 8.62. The SMILES string of the molecule is COc1ccc(OC)c2sc(N(Cc3ccccc3)C(=O)c3cccs3)nc12. The Morgan fingerprint density at radius 1 is 1.00 bits per heavy atom. The molecule has 28 heavy (non-hydrogen) atoms. The Bertz CT molecular complexity index is 1050. The van der Waals surface area contributed by atoms with Gasteiger partial charge in [0.2, 0.25) is 0 Å². The van der Waals surface area contributed by atoms with Gasteiger partial charge in [-0.1, -0.05) is 47.7 Å². The first kappa shape index (κ1) is 18.5. The van der Waals surface area contributed by atoms with Crippen molar-refractivity contribution in [3.8, 4) is 11.5 Å². The number of nitrogens with zero attached hydrogens (tertiary/aromatic N) is 2. The van der Waals surface area contributed by atoms with Gasteiger partial charge in [-0.25, -0.2) is 4.98 Å². The first-order chi connectivity index (χ1) is 13.7. The highest BCUT2D eigenvalue weighted by Gasteiger charge is 2.24. The van der Waals surface area contributed by atoms with Gasteiger partial charge in [-0.2, -0.15) is 0 Å². The Labute approximate surface area is 170 Å². The maximum atomic E-state index is 13.2. The van der Waals surface area contributed by atoms with E-state index < -0.39 is 0 Å². The van der Waals surface area contributed by atoms with E-state index in [1.807, 2.05) is 60.0 Å². The summed E-state index contributed by atoms with van der Waals surface area (Å²) < 4.78 is 11.8. The van der Waals surface area contributed by atoms with Crippen LogP contribution >= 0.6 is 22.7 Å². The second kappa shape index (κ2) is 8.00. The van der Waals surface area contributed by atoms with Crippen molar-refractivity contribution in [2.45, 2.75) is 6.54 Å². The predicted molar refractivity (Wildman–Crippen MR) is 114 cm³/mol. The fraction of sp³-hybridized carbons (Fsp3) is 0.143. The Morgan fingerprint density at radius 2 is 1.75 bits per heavy atom. The van der Waals surface area contributed by atoms with Gasteiger partial charge in [0.05, 0.1) is 25.6 Å². The lowest BCUT2D eigenvalue weighted by Gasteiger charge is -2.19. The van der Waals surface area contributed by atoms with E-state index in [0.717, 1.165) is 10.3 Å². The summed E-state index contributed by atoms with van der Waals surface area (Å²) in [6.45, 7) is 0.433. The summed E-state index contributed by atoms with van der Waals surface area (Å²) in [5, 5.41) is 2.51. The summed E-state index contributed by atoms with van der Waals surface area (Å²) in [6, 6.07) is 17.3. The van der Waals surface area contributed by atoms with Crippen LogP contribution in [0.2, 0.25) is 0 Å². The second-order valence-electron chi connectivity index (χ2n) is 6.00. The summed E-state index contributed by atoms with van der Waals surface area (Å²) in [4.78, 5) is 20.4. The van der Waals surface area contributed by atoms with Crippen molar-refractivity contribution in [3.05, 3.63) is 70.4 Å². The highest BCUT2D eigenvalue weighted by Crippen LogP contribution is 2.40. The lowest BCUT2D eigenvalue weighted by Crippen LogP contribution is -2.29. The molecule has 0 aliphatic heterocycles. The second-order valence-corrected chi connectivity index (χ2v) is 7.92. The number of carbonyl (C=O) groups is 1. The van der Waals surface area contributed by atoms with Crippen LogP contribution in [0.1, 0.15) is 15.2 Å². The summed E-state index contributed by atoms with van der Waals surface area (Å²) in [6.07, 6.45) is 0. The van der Waals surface area contributed by atoms with Gasteiger partial charge in [-0.15, -0.1) is 11.3 Å². The average molecular weight is 411 g/mol. The van der Waals surface area contributed by atoms with E-state index in [4.69, 9.17) is 14.5 Å². The molecule has 0 radical (unpaired) electrons. The van der Waals surface area contributed by atoms with E-state index in [1.165, 1.54) is 22.7 Å². The van der Waals surface area contributed by atoms with Crippen molar-refractivity contribution in [1.82, 2.24) is 4.98 Å². The number of ether oxygens (including phenoxy) is 2. The Morgan fingerprint density at radius 3 is 2.43 bits per heavy atom. The molecule has 0 saturated carbocycles. The Hall–Kier alpha value is -2.90. The molecule has 4 rings (SSSR count). The molecule has 4 aromatic rings. The molecule has 0 fully saturated rings. The average Bonchev–Trinajstić information content (AvgIpc) is 3.41. The summed E-state index contributed by atoms with van der Waals surface area (Å²) in [5.41, 5.74) is 1.73. The number of hydrogen-bond donors (Lipinski definition) is 0. The number of carbonyl (C=O) groups excluding carboxylic acids is 1. The minimum atomic E-state index is -0.0733. The van der Waals surface area contributed by atoms with Crippen molar-refractivity contribution in [2.24, 2.45) is 0 Å². The zero-order chi connectivity index (χ0) is 19.5. The van der Waals surface area contributed by atoms with E-state index in [0.29, 0.717) is 33.6 Å². The molecule has 2 aromatic heterocycles. The molecule has 0 aliphatic carbocycles. The van der Waals surface area contributed by atoms with Crippen LogP contribution in [0, 0.1) is 0 Å². The van der Waals surface area contributed by atoms with Crippen LogP contribution < -0.4 is 14.4 Å². The van der Waals surface area contributed by atoms with Gasteiger partial charge in [0.25, 0.3) is 5.91 Å². The monoisotopic (exact) mass is 410 g/mol. The number of thiophene rings is 1. The van der Waals surface area contributed by atoms with Gasteiger partial charge in [-0.3, -0.25) is 9.69 Å². The van der Waals surface area contributed by atoms with Crippen LogP contribution in [0.5, 0.6) is 11.5 Å².